The first-order chi connectivity index (χ1) is 17.4. The molecule has 6 aromatic rings. The summed E-state index contributed by atoms with van der Waals surface area (Å²) in [5.41, 5.74) is 7.18. The van der Waals surface area contributed by atoms with Crippen molar-refractivity contribution in [3.8, 4) is 38.7 Å². The normalized spacial score (nSPS) is 11.9. The Bertz CT molecular complexity index is 1740. The number of aromatic nitrogens is 2. The first-order valence-electron chi connectivity index (χ1n) is 12.1. The van der Waals surface area contributed by atoms with Gasteiger partial charge in [-0.1, -0.05) is 75.4 Å². The Labute approximate surface area is 214 Å². The molecule has 0 saturated carbocycles. The van der Waals surface area contributed by atoms with E-state index in [1.54, 1.807) is 17.4 Å². The minimum absolute atomic E-state index is 0.0144. The van der Waals surface area contributed by atoms with Gasteiger partial charge in [0.05, 0.1) is 21.5 Å². The van der Waals surface area contributed by atoms with Gasteiger partial charge in [-0.3, -0.25) is 4.98 Å². The standard InChI is InChI=1S/C32H26N2OS/c1-32(2,3)24-17-26(30-29(18-24)36-31(34-30)25-13-6-7-14-28(25)35)21-11-8-12-22(15-21)27-16-20-9-4-5-10-23(20)19-33-27/h4-19,35H,1-3H3. The van der Waals surface area contributed by atoms with Crippen molar-refractivity contribution >= 4 is 32.3 Å². The van der Waals surface area contributed by atoms with Crippen molar-refractivity contribution in [3.05, 3.63) is 103 Å². The highest BCUT2D eigenvalue weighted by Gasteiger charge is 2.20. The lowest BCUT2D eigenvalue weighted by atomic mass is 9.85. The van der Waals surface area contributed by atoms with Crippen LogP contribution in [0.5, 0.6) is 5.75 Å². The monoisotopic (exact) mass is 486 g/mol. The molecular weight excluding hydrogens is 460 g/mol. The topological polar surface area (TPSA) is 46.0 Å². The van der Waals surface area contributed by atoms with Gasteiger partial charge in [0.2, 0.25) is 0 Å². The lowest BCUT2D eigenvalue weighted by Gasteiger charge is -2.20. The summed E-state index contributed by atoms with van der Waals surface area (Å²) in [4.78, 5) is 9.77. The Balaban J connectivity index is 1.54. The van der Waals surface area contributed by atoms with Gasteiger partial charge in [-0.2, -0.15) is 0 Å². The zero-order valence-electron chi connectivity index (χ0n) is 20.5. The molecule has 0 atom stereocenters. The first kappa shape index (κ1) is 22.4. The number of fused-ring (bicyclic) bond motifs is 2. The van der Waals surface area contributed by atoms with Crippen molar-refractivity contribution in [1.82, 2.24) is 9.97 Å². The lowest BCUT2D eigenvalue weighted by molar-refractivity contribution is 0.477. The summed E-state index contributed by atoms with van der Waals surface area (Å²) >= 11 is 1.62. The van der Waals surface area contributed by atoms with Crippen molar-refractivity contribution in [2.75, 3.05) is 0 Å². The predicted octanol–water partition coefficient (Wildman–Crippen LogP) is 8.85. The molecule has 2 heterocycles. The highest BCUT2D eigenvalue weighted by molar-refractivity contribution is 7.21. The van der Waals surface area contributed by atoms with Crippen LogP contribution in [0, 0.1) is 0 Å². The van der Waals surface area contributed by atoms with Crippen molar-refractivity contribution < 1.29 is 5.11 Å². The third-order valence-corrected chi connectivity index (χ3v) is 7.63. The predicted molar refractivity (Wildman–Crippen MR) is 152 cm³/mol. The lowest BCUT2D eigenvalue weighted by Crippen LogP contribution is -2.11. The molecule has 1 N–H and O–H groups in total. The molecule has 0 fully saturated rings. The number of thiazole rings is 1. The fourth-order valence-corrected chi connectivity index (χ4v) is 5.61. The van der Waals surface area contributed by atoms with E-state index in [1.807, 2.05) is 30.5 Å². The van der Waals surface area contributed by atoms with Gasteiger partial charge in [-0.25, -0.2) is 4.98 Å². The maximum Gasteiger partial charge on any atom is 0.128 e. The largest absolute Gasteiger partial charge is 0.507 e. The zero-order chi connectivity index (χ0) is 24.9. The van der Waals surface area contributed by atoms with E-state index in [4.69, 9.17) is 9.97 Å². The molecule has 0 bridgehead atoms. The van der Waals surface area contributed by atoms with Gasteiger partial charge in [-0.15, -0.1) is 11.3 Å². The molecule has 36 heavy (non-hydrogen) atoms. The van der Waals surface area contributed by atoms with Gasteiger partial charge in [-0.05, 0) is 58.3 Å². The molecule has 4 heteroatoms. The van der Waals surface area contributed by atoms with Crippen LogP contribution in [-0.2, 0) is 5.41 Å². The fourth-order valence-electron chi connectivity index (χ4n) is 4.54. The average molecular weight is 487 g/mol. The third-order valence-electron chi connectivity index (χ3n) is 6.60. The molecule has 4 aromatic carbocycles. The molecular formula is C32H26N2OS. The summed E-state index contributed by atoms with van der Waals surface area (Å²) < 4.78 is 1.12. The maximum atomic E-state index is 10.5. The molecule has 0 spiro atoms. The molecule has 0 unspecified atom stereocenters. The molecule has 0 aliphatic rings. The minimum Gasteiger partial charge on any atom is -0.507 e. The number of phenols is 1. The molecule has 0 aliphatic heterocycles. The third kappa shape index (κ3) is 4.04. The molecule has 3 nitrogen and oxygen atoms in total. The van der Waals surface area contributed by atoms with Gasteiger partial charge in [0.15, 0.2) is 0 Å². The van der Waals surface area contributed by atoms with Crippen LogP contribution in [0.4, 0.5) is 0 Å². The number of para-hydroxylation sites is 1. The van der Waals surface area contributed by atoms with Crippen molar-refractivity contribution in [2.45, 2.75) is 26.2 Å². The summed E-state index contributed by atoms with van der Waals surface area (Å²) in [7, 11) is 0. The number of hydrogen-bond acceptors (Lipinski definition) is 4. The molecule has 0 radical (unpaired) electrons. The Morgan fingerprint density at radius 2 is 1.47 bits per heavy atom. The quantitative estimate of drug-likeness (QED) is 0.272. The van der Waals surface area contributed by atoms with Crippen molar-refractivity contribution in [3.63, 3.8) is 0 Å². The van der Waals surface area contributed by atoms with Crippen LogP contribution in [-0.4, -0.2) is 15.1 Å². The van der Waals surface area contributed by atoms with Crippen LogP contribution < -0.4 is 0 Å². The van der Waals surface area contributed by atoms with E-state index in [0.29, 0.717) is 0 Å². The molecule has 0 amide bonds. The van der Waals surface area contributed by atoms with Crippen molar-refractivity contribution in [1.29, 1.82) is 0 Å². The van der Waals surface area contributed by atoms with E-state index < -0.39 is 0 Å². The average Bonchev–Trinajstić information content (AvgIpc) is 3.32. The van der Waals surface area contributed by atoms with Gasteiger partial charge >= 0.3 is 0 Å². The van der Waals surface area contributed by atoms with Gasteiger partial charge in [0, 0.05) is 22.7 Å². The van der Waals surface area contributed by atoms with E-state index >= 15 is 0 Å². The summed E-state index contributed by atoms with van der Waals surface area (Å²) in [6.07, 6.45) is 1.94. The van der Waals surface area contributed by atoms with Crippen LogP contribution in [0.2, 0.25) is 0 Å². The Morgan fingerprint density at radius 3 is 2.28 bits per heavy atom. The van der Waals surface area contributed by atoms with Crippen molar-refractivity contribution in [2.24, 2.45) is 0 Å². The summed E-state index contributed by atoms with van der Waals surface area (Å²) in [5.74, 6) is 0.249. The smallest absolute Gasteiger partial charge is 0.128 e. The number of phenolic OH excluding ortho intramolecular Hbond substituents is 1. The second-order valence-corrected chi connectivity index (χ2v) is 11.2. The maximum absolute atomic E-state index is 10.5. The summed E-state index contributed by atoms with van der Waals surface area (Å²) in [6.45, 7) is 6.70. The molecule has 6 rings (SSSR count). The van der Waals surface area contributed by atoms with E-state index in [2.05, 4.69) is 81.4 Å². The Kier molecular flexibility index (Phi) is 5.35. The Hall–Kier alpha value is -4.02. The molecule has 0 saturated heterocycles. The van der Waals surface area contributed by atoms with E-state index in [-0.39, 0.29) is 11.2 Å². The highest BCUT2D eigenvalue weighted by atomic mass is 32.1. The highest BCUT2D eigenvalue weighted by Crippen LogP contribution is 2.41. The minimum atomic E-state index is -0.0144. The van der Waals surface area contributed by atoms with Crippen LogP contribution >= 0.6 is 11.3 Å². The number of benzene rings is 4. The number of aromatic hydroxyl groups is 1. The summed E-state index contributed by atoms with van der Waals surface area (Å²) in [6, 6.07) is 30.9. The second kappa shape index (κ2) is 8.58. The number of nitrogens with zero attached hydrogens (tertiary/aromatic N) is 2. The SMILES string of the molecule is CC(C)(C)c1cc(-c2cccc(-c3cc4ccccc4cn3)c2)c2nc(-c3ccccc3O)sc2c1. The van der Waals surface area contributed by atoms with Gasteiger partial charge < -0.3 is 5.11 Å². The van der Waals surface area contributed by atoms with Crippen LogP contribution in [0.3, 0.4) is 0 Å². The number of hydrogen-bond donors (Lipinski definition) is 1. The number of pyridine rings is 1. The van der Waals surface area contributed by atoms with Gasteiger partial charge in [0.25, 0.3) is 0 Å². The van der Waals surface area contributed by atoms with Crippen LogP contribution in [0.1, 0.15) is 26.3 Å². The summed E-state index contributed by atoms with van der Waals surface area (Å²) in [5, 5.41) is 13.6. The molecule has 0 aliphatic carbocycles. The van der Waals surface area contributed by atoms with E-state index in [0.717, 1.165) is 48.6 Å². The van der Waals surface area contributed by atoms with Crippen LogP contribution in [0.15, 0.2) is 97.2 Å². The second-order valence-electron chi connectivity index (χ2n) is 10.2. The molecule has 2 aromatic heterocycles. The van der Waals surface area contributed by atoms with E-state index in [9.17, 15) is 5.11 Å². The fraction of sp³-hybridized carbons (Fsp3) is 0.125. The first-order valence-corrected chi connectivity index (χ1v) is 12.9. The van der Waals surface area contributed by atoms with E-state index in [1.165, 1.54) is 10.9 Å². The van der Waals surface area contributed by atoms with Crippen LogP contribution in [0.25, 0.3) is 53.9 Å². The Morgan fingerprint density at radius 1 is 0.722 bits per heavy atom. The van der Waals surface area contributed by atoms with Gasteiger partial charge in [0.1, 0.15) is 10.8 Å². The number of rotatable bonds is 3. The molecule has 176 valence electrons. The zero-order valence-corrected chi connectivity index (χ0v) is 21.3.